The molecule has 0 radical (unpaired) electrons. The third kappa shape index (κ3) is 5.32. The minimum Gasteiger partial charge on any atom is -0.465 e. The number of hydrogen-bond donors (Lipinski definition) is 1. The van der Waals surface area contributed by atoms with Gasteiger partial charge in [0, 0.05) is 12.3 Å². The lowest BCUT2D eigenvalue weighted by atomic mass is 10.2. The van der Waals surface area contributed by atoms with Crippen LogP contribution in [-0.2, 0) is 16.4 Å². The monoisotopic (exact) mass is 245 g/mol. The number of hydrogen-bond acceptors (Lipinski definition) is 4. The van der Waals surface area contributed by atoms with Crippen LogP contribution in [0.4, 0.5) is 0 Å². The molecule has 1 aromatic rings. The van der Waals surface area contributed by atoms with Crippen LogP contribution in [0.15, 0.2) is 16.5 Å². The van der Waals surface area contributed by atoms with E-state index in [4.69, 9.17) is 4.42 Å². The SMILES string of the molecule is Cc1ccc(CNC(C)CCS(C)(=O)=O)o1. The summed E-state index contributed by atoms with van der Waals surface area (Å²) in [5, 5.41) is 3.23. The number of rotatable bonds is 6. The van der Waals surface area contributed by atoms with Crippen LogP contribution in [0.3, 0.4) is 0 Å². The summed E-state index contributed by atoms with van der Waals surface area (Å²) in [5.41, 5.74) is 0. The van der Waals surface area contributed by atoms with Crippen LogP contribution in [0.2, 0.25) is 0 Å². The second kappa shape index (κ2) is 5.50. The van der Waals surface area contributed by atoms with Gasteiger partial charge in [-0.3, -0.25) is 0 Å². The molecule has 0 saturated heterocycles. The Balaban J connectivity index is 2.28. The van der Waals surface area contributed by atoms with Crippen molar-refractivity contribution in [3.8, 4) is 0 Å². The van der Waals surface area contributed by atoms with E-state index in [1.807, 2.05) is 26.0 Å². The highest BCUT2D eigenvalue weighted by Gasteiger charge is 2.08. The summed E-state index contributed by atoms with van der Waals surface area (Å²) in [6.07, 6.45) is 1.88. The predicted molar refractivity (Wildman–Crippen MR) is 64.1 cm³/mol. The molecule has 1 N–H and O–H groups in total. The maximum atomic E-state index is 11.0. The average Bonchev–Trinajstić information content (AvgIpc) is 2.57. The van der Waals surface area contributed by atoms with Crippen LogP contribution >= 0.6 is 0 Å². The van der Waals surface area contributed by atoms with Crippen molar-refractivity contribution in [3.05, 3.63) is 23.7 Å². The largest absolute Gasteiger partial charge is 0.465 e. The van der Waals surface area contributed by atoms with Crippen molar-refractivity contribution < 1.29 is 12.8 Å². The van der Waals surface area contributed by atoms with Crippen LogP contribution < -0.4 is 5.32 Å². The standard InChI is InChI=1S/C11H19NO3S/c1-9(6-7-16(3,13)14)12-8-11-5-4-10(2)15-11/h4-5,9,12H,6-8H2,1-3H3. The summed E-state index contributed by atoms with van der Waals surface area (Å²) in [6.45, 7) is 4.51. The lowest BCUT2D eigenvalue weighted by Crippen LogP contribution is -2.27. The summed E-state index contributed by atoms with van der Waals surface area (Å²) in [4.78, 5) is 0. The Kier molecular flexibility index (Phi) is 4.56. The van der Waals surface area contributed by atoms with Gasteiger partial charge in [0.2, 0.25) is 0 Å². The minimum atomic E-state index is -2.86. The highest BCUT2D eigenvalue weighted by atomic mass is 32.2. The Bertz CT molecular complexity index is 422. The third-order valence-corrected chi connectivity index (χ3v) is 3.32. The fraction of sp³-hybridized carbons (Fsp3) is 0.636. The number of furan rings is 1. The Morgan fingerprint density at radius 1 is 1.44 bits per heavy atom. The topological polar surface area (TPSA) is 59.3 Å². The molecule has 0 bridgehead atoms. The van der Waals surface area contributed by atoms with Gasteiger partial charge >= 0.3 is 0 Å². The molecule has 1 atom stereocenters. The molecule has 0 aliphatic heterocycles. The van der Waals surface area contributed by atoms with E-state index in [0.29, 0.717) is 13.0 Å². The van der Waals surface area contributed by atoms with E-state index in [-0.39, 0.29) is 11.8 Å². The molecular formula is C11H19NO3S. The lowest BCUT2D eigenvalue weighted by Gasteiger charge is -2.11. The van der Waals surface area contributed by atoms with E-state index in [9.17, 15) is 8.42 Å². The first-order valence-electron chi connectivity index (χ1n) is 5.33. The first-order chi connectivity index (χ1) is 7.37. The second-order valence-electron chi connectivity index (χ2n) is 4.21. The number of nitrogens with one attached hydrogen (secondary N) is 1. The van der Waals surface area contributed by atoms with Crippen molar-refractivity contribution in [3.63, 3.8) is 0 Å². The van der Waals surface area contributed by atoms with E-state index in [1.54, 1.807) is 0 Å². The van der Waals surface area contributed by atoms with Crippen molar-refractivity contribution >= 4 is 9.84 Å². The Hall–Kier alpha value is -0.810. The number of sulfone groups is 1. The maximum Gasteiger partial charge on any atom is 0.147 e. The van der Waals surface area contributed by atoms with Gasteiger partial charge in [-0.2, -0.15) is 0 Å². The molecule has 1 rings (SSSR count). The summed E-state index contributed by atoms with van der Waals surface area (Å²) in [6, 6.07) is 4.00. The van der Waals surface area contributed by atoms with Gasteiger partial charge in [0.15, 0.2) is 0 Å². The molecule has 16 heavy (non-hydrogen) atoms. The Labute approximate surface area is 97.0 Å². The molecule has 5 heteroatoms. The summed E-state index contributed by atoms with van der Waals surface area (Å²) in [7, 11) is -2.86. The predicted octanol–water partition coefficient (Wildman–Crippen LogP) is 1.50. The zero-order chi connectivity index (χ0) is 12.2. The van der Waals surface area contributed by atoms with Crippen molar-refractivity contribution in [2.75, 3.05) is 12.0 Å². The third-order valence-electron chi connectivity index (χ3n) is 2.34. The summed E-state index contributed by atoms with van der Waals surface area (Å²) >= 11 is 0. The summed E-state index contributed by atoms with van der Waals surface area (Å²) in [5.74, 6) is 1.99. The molecule has 0 aliphatic carbocycles. The van der Waals surface area contributed by atoms with Crippen molar-refractivity contribution in [1.29, 1.82) is 0 Å². The molecule has 0 saturated carbocycles. The van der Waals surface area contributed by atoms with Crippen LogP contribution in [0.25, 0.3) is 0 Å². The van der Waals surface area contributed by atoms with Crippen LogP contribution in [0.5, 0.6) is 0 Å². The van der Waals surface area contributed by atoms with Gasteiger partial charge in [-0.05, 0) is 32.4 Å². The molecule has 1 unspecified atom stereocenters. The quantitative estimate of drug-likeness (QED) is 0.825. The van der Waals surface area contributed by atoms with E-state index in [0.717, 1.165) is 11.5 Å². The van der Waals surface area contributed by atoms with E-state index < -0.39 is 9.84 Å². The highest BCUT2D eigenvalue weighted by Crippen LogP contribution is 2.06. The van der Waals surface area contributed by atoms with E-state index >= 15 is 0 Å². The maximum absolute atomic E-state index is 11.0. The van der Waals surface area contributed by atoms with Crippen LogP contribution in [-0.4, -0.2) is 26.5 Å². The van der Waals surface area contributed by atoms with Gasteiger partial charge in [-0.1, -0.05) is 0 Å². The minimum absolute atomic E-state index is 0.167. The molecular weight excluding hydrogens is 226 g/mol. The van der Waals surface area contributed by atoms with Gasteiger partial charge < -0.3 is 9.73 Å². The molecule has 92 valence electrons. The molecule has 0 fully saturated rings. The summed E-state index contributed by atoms with van der Waals surface area (Å²) < 4.78 is 27.3. The van der Waals surface area contributed by atoms with Crippen molar-refractivity contribution in [2.45, 2.75) is 32.9 Å². The zero-order valence-electron chi connectivity index (χ0n) is 9.99. The fourth-order valence-electron chi connectivity index (χ4n) is 1.35. The second-order valence-corrected chi connectivity index (χ2v) is 6.47. The zero-order valence-corrected chi connectivity index (χ0v) is 10.8. The molecule has 0 aliphatic rings. The first-order valence-corrected chi connectivity index (χ1v) is 7.39. The molecule has 0 spiro atoms. The van der Waals surface area contributed by atoms with Gasteiger partial charge in [0.25, 0.3) is 0 Å². The molecule has 0 amide bonds. The number of aryl methyl sites for hydroxylation is 1. The Morgan fingerprint density at radius 2 is 2.12 bits per heavy atom. The molecule has 1 heterocycles. The fourth-order valence-corrected chi connectivity index (χ4v) is 2.13. The van der Waals surface area contributed by atoms with Crippen LogP contribution in [0, 0.1) is 6.92 Å². The van der Waals surface area contributed by atoms with Gasteiger partial charge in [-0.25, -0.2) is 8.42 Å². The first kappa shape index (κ1) is 13.3. The molecule has 1 aromatic heterocycles. The van der Waals surface area contributed by atoms with Crippen molar-refractivity contribution in [1.82, 2.24) is 5.32 Å². The smallest absolute Gasteiger partial charge is 0.147 e. The van der Waals surface area contributed by atoms with Gasteiger partial charge in [-0.15, -0.1) is 0 Å². The Morgan fingerprint density at radius 3 is 2.62 bits per heavy atom. The van der Waals surface area contributed by atoms with E-state index in [2.05, 4.69) is 5.32 Å². The average molecular weight is 245 g/mol. The normalized spacial score (nSPS) is 13.9. The molecule has 4 nitrogen and oxygen atoms in total. The van der Waals surface area contributed by atoms with Crippen molar-refractivity contribution in [2.24, 2.45) is 0 Å². The van der Waals surface area contributed by atoms with Crippen LogP contribution in [0.1, 0.15) is 24.9 Å². The van der Waals surface area contributed by atoms with Gasteiger partial charge in [0.1, 0.15) is 21.4 Å². The van der Waals surface area contributed by atoms with Gasteiger partial charge in [0.05, 0.1) is 12.3 Å². The lowest BCUT2D eigenvalue weighted by molar-refractivity contribution is 0.436. The van der Waals surface area contributed by atoms with E-state index in [1.165, 1.54) is 6.26 Å². The highest BCUT2D eigenvalue weighted by molar-refractivity contribution is 7.90. The molecule has 0 aromatic carbocycles.